The first-order chi connectivity index (χ1) is 12.7. The monoisotopic (exact) mass is 350 g/mol. The van der Waals surface area contributed by atoms with Crippen molar-refractivity contribution >= 4 is 11.7 Å². The van der Waals surface area contributed by atoms with Gasteiger partial charge in [0.2, 0.25) is 0 Å². The predicted octanol–water partition coefficient (Wildman–Crippen LogP) is 5.30. The zero-order valence-electron chi connectivity index (χ0n) is 15.3. The Hall–Kier alpha value is -2.49. The van der Waals surface area contributed by atoms with Gasteiger partial charge >= 0.3 is 6.03 Å². The standard InChI is InChI=1S/C22H26N2O2/c1-16-19(12-7-13-21(16)26-18-10-5-6-11-18)23-22(25)24-15-14-20(24)17-8-3-2-4-9-17/h2-4,7-9,12-13,18,20H,5-6,10-11,14-15H2,1H3,(H,23,25)/t20-/m0/s1. The van der Waals surface area contributed by atoms with E-state index in [2.05, 4.69) is 17.4 Å². The van der Waals surface area contributed by atoms with Crippen LogP contribution in [0.2, 0.25) is 0 Å². The summed E-state index contributed by atoms with van der Waals surface area (Å²) in [5, 5.41) is 3.08. The maximum Gasteiger partial charge on any atom is 0.322 e. The molecule has 1 saturated heterocycles. The van der Waals surface area contributed by atoms with Crippen LogP contribution in [0, 0.1) is 6.92 Å². The Balaban J connectivity index is 1.44. The second-order valence-electron chi connectivity index (χ2n) is 7.29. The Bertz CT molecular complexity index is 769. The molecule has 2 aromatic carbocycles. The van der Waals surface area contributed by atoms with E-state index in [-0.39, 0.29) is 12.1 Å². The van der Waals surface area contributed by atoms with Gasteiger partial charge in [-0.15, -0.1) is 0 Å². The molecule has 2 fully saturated rings. The van der Waals surface area contributed by atoms with Crippen molar-refractivity contribution in [3.05, 3.63) is 59.7 Å². The molecule has 1 heterocycles. The molecule has 0 aromatic heterocycles. The second kappa shape index (κ2) is 7.40. The van der Waals surface area contributed by atoms with Crippen molar-refractivity contribution in [3.8, 4) is 5.75 Å². The minimum Gasteiger partial charge on any atom is -0.490 e. The maximum atomic E-state index is 12.8. The molecule has 2 amide bonds. The van der Waals surface area contributed by atoms with E-state index >= 15 is 0 Å². The van der Waals surface area contributed by atoms with E-state index in [1.165, 1.54) is 18.4 Å². The van der Waals surface area contributed by atoms with Crippen molar-refractivity contribution in [1.29, 1.82) is 0 Å². The van der Waals surface area contributed by atoms with Gasteiger partial charge in [-0.1, -0.05) is 36.4 Å². The van der Waals surface area contributed by atoms with Gasteiger partial charge in [0, 0.05) is 17.8 Å². The highest BCUT2D eigenvalue weighted by atomic mass is 16.5. The fraction of sp³-hybridized carbons (Fsp3) is 0.409. The number of nitrogens with zero attached hydrogens (tertiary/aromatic N) is 1. The molecule has 0 bridgehead atoms. The third kappa shape index (κ3) is 3.41. The van der Waals surface area contributed by atoms with E-state index < -0.39 is 0 Å². The molecule has 26 heavy (non-hydrogen) atoms. The molecule has 2 aliphatic rings. The minimum atomic E-state index is -0.0359. The Labute approximate surface area is 155 Å². The molecule has 1 aliphatic heterocycles. The molecular formula is C22H26N2O2. The largest absolute Gasteiger partial charge is 0.490 e. The average molecular weight is 350 g/mol. The van der Waals surface area contributed by atoms with Gasteiger partial charge in [0.15, 0.2) is 0 Å². The summed E-state index contributed by atoms with van der Waals surface area (Å²) in [7, 11) is 0. The normalized spacial score (nSPS) is 19.9. The highest BCUT2D eigenvalue weighted by molar-refractivity contribution is 5.91. The van der Waals surface area contributed by atoms with Crippen LogP contribution in [0.15, 0.2) is 48.5 Å². The molecule has 0 spiro atoms. The molecule has 4 heteroatoms. The van der Waals surface area contributed by atoms with Gasteiger partial charge in [0.1, 0.15) is 5.75 Å². The van der Waals surface area contributed by atoms with E-state index in [0.29, 0.717) is 6.10 Å². The average Bonchev–Trinajstić information content (AvgIpc) is 3.11. The van der Waals surface area contributed by atoms with Gasteiger partial charge in [-0.2, -0.15) is 0 Å². The fourth-order valence-electron chi connectivity index (χ4n) is 3.90. The number of ether oxygens (including phenoxy) is 1. The third-order valence-corrected chi connectivity index (χ3v) is 5.59. The predicted molar refractivity (Wildman–Crippen MR) is 104 cm³/mol. The Morgan fingerprint density at radius 3 is 2.50 bits per heavy atom. The summed E-state index contributed by atoms with van der Waals surface area (Å²) in [6, 6.07) is 16.3. The molecule has 0 unspecified atom stereocenters. The fourth-order valence-corrected chi connectivity index (χ4v) is 3.90. The van der Waals surface area contributed by atoms with E-state index in [9.17, 15) is 4.79 Å². The lowest BCUT2D eigenvalue weighted by Crippen LogP contribution is -2.47. The van der Waals surface area contributed by atoms with Crippen LogP contribution in [0.5, 0.6) is 5.75 Å². The molecule has 1 aliphatic carbocycles. The topological polar surface area (TPSA) is 41.6 Å². The number of carbonyl (C=O) groups excluding carboxylic acids is 1. The summed E-state index contributed by atoms with van der Waals surface area (Å²) in [4.78, 5) is 14.7. The highest BCUT2D eigenvalue weighted by Gasteiger charge is 2.33. The van der Waals surface area contributed by atoms with Crippen LogP contribution in [-0.4, -0.2) is 23.6 Å². The van der Waals surface area contributed by atoms with Crippen LogP contribution in [-0.2, 0) is 0 Å². The van der Waals surface area contributed by atoms with Crippen LogP contribution in [0.4, 0.5) is 10.5 Å². The van der Waals surface area contributed by atoms with Gasteiger partial charge in [-0.05, 0) is 56.7 Å². The Morgan fingerprint density at radius 2 is 1.81 bits per heavy atom. The second-order valence-corrected chi connectivity index (χ2v) is 7.29. The van der Waals surface area contributed by atoms with Gasteiger partial charge in [-0.25, -0.2) is 4.79 Å². The molecular weight excluding hydrogens is 324 g/mol. The molecule has 1 saturated carbocycles. The Kier molecular flexibility index (Phi) is 4.83. The third-order valence-electron chi connectivity index (χ3n) is 5.59. The van der Waals surface area contributed by atoms with E-state index in [1.807, 2.05) is 48.2 Å². The van der Waals surface area contributed by atoms with Gasteiger partial charge in [-0.3, -0.25) is 0 Å². The summed E-state index contributed by atoms with van der Waals surface area (Å²) in [6.07, 6.45) is 6.08. The van der Waals surface area contributed by atoms with Crippen molar-refractivity contribution in [2.24, 2.45) is 0 Å². The van der Waals surface area contributed by atoms with Crippen LogP contribution < -0.4 is 10.1 Å². The zero-order chi connectivity index (χ0) is 17.9. The van der Waals surface area contributed by atoms with Gasteiger partial charge in [0.05, 0.1) is 12.1 Å². The SMILES string of the molecule is Cc1c(NC(=O)N2CC[C@H]2c2ccccc2)cccc1OC1CCCC1. The molecule has 4 nitrogen and oxygen atoms in total. The lowest BCUT2D eigenvalue weighted by atomic mass is 9.95. The van der Waals surface area contributed by atoms with Crippen LogP contribution in [0.3, 0.4) is 0 Å². The van der Waals surface area contributed by atoms with E-state index in [1.54, 1.807) is 0 Å². The molecule has 4 rings (SSSR count). The number of anilines is 1. The zero-order valence-corrected chi connectivity index (χ0v) is 15.3. The van der Waals surface area contributed by atoms with E-state index in [4.69, 9.17) is 4.74 Å². The van der Waals surface area contributed by atoms with E-state index in [0.717, 1.165) is 42.8 Å². The molecule has 1 N–H and O–H groups in total. The van der Waals surface area contributed by atoms with Crippen molar-refractivity contribution < 1.29 is 9.53 Å². The van der Waals surface area contributed by atoms with Gasteiger partial charge in [0.25, 0.3) is 0 Å². The number of rotatable bonds is 4. The summed E-state index contributed by atoms with van der Waals surface area (Å²) >= 11 is 0. The Morgan fingerprint density at radius 1 is 1.04 bits per heavy atom. The number of hydrogen-bond donors (Lipinski definition) is 1. The first-order valence-corrected chi connectivity index (χ1v) is 9.61. The minimum absolute atomic E-state index is 0.0359. The number of carbonyl (C=O) groups is 1. The number of amides is 2. The number of nitrogens with one attached hydrogen (secondary N) is 1. The van der Waals surface area contributed by atoms with Crippen LogP contribution >= 0.6 is 0 Å². The number of likely N-dealkylation sites (tertiary alicyclic amines) is 1. The van der Waals surface area contributed by atoms with Crippen molar-refractivity contribution in [3.63, 3.8) is 0 Å². The molecule has 0 radical (unpaired) electrons. The number of urea groups is 1. The summed E-state index contributed by atoms with van der Waals surface area (Å²) in [5.74, 6) is 0.887. The number of hydrogen-bond acceptors (Lipinski definition) is 2. The molecule has 2 aromatic rings. The first kappa shape index (κ1) is 17.0. The van der Waals surface area contributed by atoms with Crippen LogP contribution in [0.25, 0.3) is 0 Å². The van der Waals surface area contributed by atoms with Crippen LogP contribution in [0.1, 0.15) is 49.3 Å². The van der Waals surface area contributed by atoms with Crippen molar-refractivity contribution in [2.45, 2.75) is 51.2 Å². The molecule has 136 valence electrons. The van der Waals surface area contributed by atoms with Crippen molar-refractivity contribution in [1.82, 2.24) is 4.90 Å². The summed E-state index contributed by atoms with van der Waals surface area (Å²) in [6.45, 7) is 2.81. The summed E-state index contributed by atoms with van der Waals surface area (Å²) in [5.41, 5.74) is 3.04. The summed E-state index contributed by atoms with van der Waals surface area (Å²) < 4.78 is 6.15. The van der Waals surface area contributed by atoms with Gasteiger partial charge < -0.3 is 15.0 Å². The number of benzene rings is 2. The highest BCUT2D eigenvalue weighted by Crippen LogP contribution is 2.35. The smallest absolute Gasteiger partial charge is 0.322 e. The lowest BCUT2D eigenvalue weighted by molar-refractivity contribution is 0.126. The first-order valence-electron chi connectivity index (χ1n) is 9.61. The quantitative estimate of drug-likeness (QED) is 0.813. The lowest BCUT2D eigenvalue weighted by Gasteiger charge is -2.41. The maximum absolute atomic E-state index is 12.8. The molecule has 1 atom stereocenters. The van der Waals surface area contributed by atoms with Crippen molar-refractivity contribution in [2.75, 3.05) is 11.9 Å².